The highest BCUT2D eigenvalue weighted by Gasteiger charge is 2.33. The second-order valence-corrected chi connectivity index (χ2v) is 5.48. The Labute approximate surface area is 108 Å². The molecule has 4 heteroatoms. The molecule has 1 N–H and O–H groups in total. The molecule has 2 atom stereocenters. The number of nitrogens with zero attached hydrogens (tertiary/aromatic N) is 1. The second kappa shape index (κ2) is 5.55. The molecular formula is C14H21NO3. The van der Waals surface area contributed by atoms with Gasteiger partial charge in [-0.05, 0) is 32.6 Å². The molecule has 1 aliphatic heterocycles. The summed E-state index contributed by atoms with van der Waals surface area (Å²) in [6.07, 6.45) is 5.99. The van der Waals surface area contributed by atoms with Gasteiger partial charge in [-0.1, -0.05) is 18.1 Å². The molecule has 2 rings (SSSR count). The Morgan fingerprint density at radius 3 is 2.67 bits per heavy atom. The van der Waals surface area contributed by atoms with Crippen LogP contribution in [0.15, 0.2) is 11.6 Å². The first-order valence-corrected chi connectivity index (χ1v) is 6.75. The van der Waals surface area contributed by atoms with Crippen molar-refractivity contribution in [3.05, 3.63) is 11.6 Å². The molecule has 0 aromatic heterocycles. The van der Waals surface area contributed by atoms with Gasteiger partial charge in [0.05, 0.1) is 5.92 Å². The van der Waals surface area contributed by atoms with E-state index in [9.17, 15) is 9.59 Å². The predicted molar refractivity (Wildman–Crippen MR) is 68.0 cm³/mol. The molecule has 0 spiro atoms. The van der Waals surface area contributed by atoms with Crippen LogP contribution in [0.1, 0.15) is 39.0 Å². The summed E-state index contributed by atoms with van der Waals surface area (Å²) in [4.78, 5) is 25.2. The Bertz CT molecular complexity index is 375. The largest absolute Gasteiger partial charge is 0.481 e. The summed E-state index contributed by atoms with van der Waals surface area (Å²) in [5.41, 5.74) is 1.34. The van der Waals surface area contributed by atoms with Crippen molar-refractivity contribution in [2.75, 3.05) is 13.1 Å². The van der Waals surface area contributed by atoms with Crippen molar-refractivity contribution in [1.82, 2.24) is 4.90 Å². The smallest absolute Gasteiger partial charge is 0.306 e. The highest BCUT2D eigenvalue weighted by atomic mass is 16.4. The van der Waals surface area contributed by atoms with Gasteiger partial charge in [0, 0.05) is 19.0 Å². The van der Waals surface area contributed by atoms with E-state index in [4.69, 9.17) is 5.11 Å². The summed E-state index contributed by atoms with van der Waals surface area (Å²) in [6, 6.07) is 0. The van der Waals surface area contributed by atoms with Crippen molar-refractivity contribution >= 4 is 11.9 Å². The number of rotatable bonds is 2. The summed E-state index contributed by atoms with van der Waals surface area (Å²) in [7, 11) is 0. The molecule has 0 aromatic rings. The van der Waals surface area contributed by atoms with Crippen LogP contribution in [0.5, 0.6) is 0 Å². The van der Waals surface area contributed by atoms with Gasteiger partial charge < -0.3 is 10.0 Å². The lowest BCUT2D eigenvalue weighted by Gasteiger charge is -2.32. The first-order valence-electron chi connectivity index (χ1n) is 6.75. The van der Waals surface area contributed by atoms with Gasteiger partial charge >= 0.3 is 5.97 Å². The van der Waals surface area contributed by atoms with Crippen LogP contribution in [-0.4, -0.2) is 35.0 Å². The van der Waals surface area contributed by atoms with Gasteiger partial charge in [-0.3, -0.25) is 9.59 Å². The zero-order chi connectivity index (χ0) is 13.1. The van der Waals surface area contributed by atoms with E-state index in [0.717, 1.165) is 32.2 Å². The highest BCUT2D eigenvalue weighted by molar-refractivity contribution is 5.80. The quantitative estimate of drug-likeness (QED) is 0.764. The predicted octanol–water partition coefficient (Wildman–Crippen LogP) is 2.06. The van der Waals surface area contributed by atoms with E-state index in [1.165, 1.54) is 5.57 Å². The van der Waals surface area contributed by atoms with E-state index in [1.54, 1.807) is 0 Å². The fraction of sp³-hybridized carbons (Fsp3) is 0.714. The Hall–Kier alpha value is -1.32. The number of carboxylic acid groups (broad SMARTS) is 1. The van der Waals surface area contributed by atoms with Gasteiger partial charge in [0.25, 0.3) is 0 Å². The molecule has 1 fully saturated rings. The first-order chi connectivity index (χ1) is 8.58. The third-order valence-electron chi connectivity index (χ3n) is 4.12. The number of hydrogen-bond acceptors (Lipinski definition) is 2. The zero-order valence-corrected chi connectivity index (χ0v) is 10.9. The minimum absolute atomic E-state index is 0.0772. The summed E-state index contributed by atoms with van der Waals surface area (Å²) < 4.78 is 0. The van der Waals surface area contributed by atoms with Crippen molar-refractivity contribution in [2.45, 2.75) is 39.0 Å². The third-order valence-corrected chi connectivity index (χ3v) is 4.12. The van der Waals surface area contributed by atoms with Gasteiger partial charge in [-0.25, -0.2) is 0 Å². The van der Waals surface area contributed by atoms with E-state index < -0.39 is 5.97 Å². The first kappa shape index (κ1) is 13.1. The monoisotopic (exact) mass is 251 g/mol. The standard InChI is InChI=1S/C14H21NO3/c1-10-5-7-15(8-6-10)13(16)11-3-2-4-12(9-11)14(17)18/h5,11-12H,2-4,6-9H2,1H3,(H,17,18). The maximum Gasteiger partial charge on any atom is 0.306 e. The molecule has 1 amide bonds. The van der Waals surface area contributed by atoms with Gasteiger partial charge in [0.15, 0.2) is 0 Å². The van der Waals surface area contributed by atoms with Crippen molar-refractivity contribution in [1.29, 1.82) is 0 Å². The van der Waals surface area contributed by atoms with Gasteiger partial charge in [-0.15, -0.1) is 0 Å². The molecular weight excluding hydrogens is 230 g/mol. The Kier molecular flexibility index (Phi) is 4.04. The van der Waals surface area contributed by atoms with Crippen LogP contribution in [0.2, 0.25) is 0 Å². The minimum atomic E-state index is -0.748. The average Bonchev–Trinajstić information content (AvgIpc) is 2.39. The lowest BCUT2D eigenvalue weighted by Crippen LogP contribution is -2.41. The zero-order valence-electron chi connectivity index (χ0n) is 10.9. The maximum absolute atomic E-state index is 12.3. The molecule has 0 aromatic carbocycles. The molecule has 4 nitrogen and oxygen atoms in total. The number of carbonyl (C=O) groups is 2. The Morgan fingerprint density at radius 1 is 1.33 bits per heavy atom. The molecule has 2 aliphatic rings. The van der Waals surface area contributed by atoms with Gasteiger partial charge in [-0.2, -0.15) is 0 Å². The lowest BCUT2D eigenvalue weighted by molar-refractivity contribution is -0.145. The maximum atomic E-state index is 12.3. The van der Waals surface area contributed by atoms with Crippen LogP contribution in [0.25, 0.3) is 0 Å². The van der Waals surface area contributed by atoms with Crippen molar-refractivity contribution in [3.8, 4) is 0 Å². The highest BCUT2D eigenvalue weighted by Crippen LogP contribution is 2.31. The van der Waals surface area contributed by atoms with Crippen LogP contribution in [0.4, 0.5) is 0 Å². The van der Waals surface area contributed by atoms with Crippen LogP contribution < -0.4 is 0 Å². The Morgan fingerprint density at radius 2 is 2.06 bits per heavy atom. The summed E-state index contributed by atoms with van der Waals surface area (Å²) in [6.45, 7) is 3.57. The summed E-state index contributed by atoms with van der Waals surface area (Å²) in [5, 5.41) is 9.05. The topological polar surface area (TPSA) is 57.6 Å². The van der Waals surface area contributed by atoms with Crippen LogP contribution in [-0.2, 0) is 9.59 Å². The van der Waals surface area contributed by atoms with Crippen LogP contribution in [0.3, 0.4) is 0 Å². The number of hydrogen-bond donors (Lipinski definition) is 1. The number of aliphatic carboxylic acids is 1. The van der Waals surface area contributed by atoms with E-state index in [0.29, 0.717) is 13.0 Å². The van der Waals surface area contributed by atoms with Crippen molar-refractivity contribution in [2.24, 2.45) is 11.8 Å². The van der Waals surface area contributed by atoms with Crippen molar-refractivity contribution < 1.29 is 14.7 Å². The SMILES string of the molecule is CC1=CCN(C(=O)C2CCCC(C(=O)O)C2)CC1. The number of amides is 1. The average molecular weight is 251 g/mol. The second-order valence-electron chi connectivity index (χ2n) is 5.48. The fourth-order valence-electron chi connectivity index (χ4n) is 2.87. The molecule has 100 valence electrons. The minimum Gasteiger partial charge on any atom is -0.481 e. The summed E-state index contributed by atoms with van der Waals surface area (Å²) >= 11 is 0. The molecule has 1 saturated carbocycles. The summed E-state index contributed by atoms with van der Waals surface area (Å²) in [5.74, 6) is -0.993. The van der Waals surface area contributed by atoms with E-state index in [-0.39, 0.29) is 17.7 Å². The number of carbonyl (C=O) groups excluding carboxylic acids is 1. The molecule has 2 unspecified atom stereocenters. The van der Waals surface area contributed by atoms with Crippen LogP contribution >= 0.6 is 0 Å². The van der Waals surface area contributed by atoms with Crippen LogP contribution in [0, 0.1) is 11.8 Å². The van der Waals surface area contributed by atoms with E-state index in [1.807, 2.05) is 4.90 Å². The third kappa shape index (κ3) is 2.92. The van der Waals surface area contributed by atoms with E-state index >= 15 is 0 Å². The molecule has 1 aliphatic carbocycles. The van der Waals surface area contributed by atoms with Gasteiger partial charge in [0.2, 0.25) is 5.91 Å². The van der Waals surface area contributed by atoms with Crippen molar-refractivity contribution in [3.63, 3.8) is 0 Å². The normalized spacial score (nSPS) is 28.7. The van der Waals surface area contributed by atoms with Gasteiger partial charge in [0.1, 0.15) is 0 Å². The molecule has 1 heterocycles. The molecule has 0 bridgehead atoms. The lowest BCUT2D eigenvalue weighted by atomic mass is 9.80. The molecule has 0 radical (unpaired) electrons. The fourth-order valence-corrected chi connectivity index (χ4v) is 2.87. The molecule has 0 saturated heterocycles. The molecule has 18 heavy (non-hydrogen) atoms. The van der Waals surface area contributed by atoms with E-state index in [2.05, 4.69) is 13.0 Å². The number of carboxylic acids is 1. The Balaban J connectivity index is 1.94.